The fourth-order valence-corrected chi connectivity index (χ4v) is 4.37. The van der Waals surface area contributed by atoms with Crippen LogP contribution < -0.4 is 5.32 Å². The van der Waals surface area contributed by atoms with E-state index in [0.717, 1.165) is 43.6 Å². The first kappa shape index (κ1) is 22.9. The van der Waals surface area contributed by atoms with Gasteiger partial charge in [-0.1, -0.05) is 0 Å². The fraction of sp³-hybridized carbons (Fsp3) is 0.722. The highest BCUT2D eigenvalue weighted by atomic mass is 32.1. The summed E-state index contributed by atoms with van der Waals surface area (Å²) in [5, 5.41) is 13.1. The molecule has 3 heterocycles. The fourth-order valence-electron chi connectivity index (χ4n) is 3.71. The molecule has 3 aliphatic rings. The summed E-state index contributed by atoms with van der Waals surface area (Å²) >= 11 is 1.70. The van der Waals surface area contributed by atoms with Crippen LogP contribution in [-0.2, 0) is 20.9 Å². The van der Waals surface area contributed by atoms with Crippen molar-refractivity contribution in [3.63, 3.8) is 0 Å². The van der Waals surface area contributed by atoms with Crippen molar-refractivity contribution in [2.45, 2.75) is 37.2 Å². The molecule has 1 amide bonds. The minimum absolute atomic E-state index is 0.0828. The molecule has 1 aliphatic carbocycles. The number of carboxylic acid groups (broad SMARTS) is 1. The molecule has 0 bridgehead atoms. The number of amides is 1. The van der Waals surface area contributed by atoms with Gasteiger partial charge in [0, 0.05) is 44.8 Å². The Morgan fingerprint density at radius 1 is 1.37 bits per heavy atom. The second-order valence-corrected chi connectivity index (χ2v) is 8.85. The third-order valence-electron chi connectivity index (χ3n) is 5.33. The Kier molecular flexibility index (Phi) is 7.00. The number of aromatic nitrogens is 1. The molecule has 4 rings (SSSR count). The highest BCUT2D eigenvalue weighted by molar-refractivity contribution is 7.09. The van der Waals surface area contributed by atoms with Gasteiger partial charge in [-0.15, -0.1) is 11.3 Å². The quantitative estimate of drug-likeness (QED) is 0.696. The average molecular weight is 450 g/mol. The average Bonchev–Trinajstić information content (AvgIpc) is 3.32. The molecule has 1 aromatic rings. The third-order valence-corrected chi connectivity index (χ3v) is 6.09. The molecule has 8 nitrogen and oxygen atoms in total. The van der Waals surface area contributed by atoms with Crippen LogP contribution in [0, 0.1) is 5.92 Å². The molecule has 30 heavy (non-hydrogen) atoms. The maximum Gasteiger partial charge on any atom is 0.490 e. The van der Waals surface area contributed by atoms with Crippen molar-refractivity contribution in [1.82, 2.24) is 20.1 Å². The Bertz CT molecular complexity index is 736. The summed E-state index contributed by atoms with van der Waals surface area (Å²) in [6.07, 6.45) is -0.611. The zero-order valence-electron chi connectivity index (χ0n) is 16.5. The molecular formula is C18H25F3N4O4S. The van der Waals surface area contributed by atoms with Crippen molar-refractivity contribution in [2.24, 2.45) is 5.92 Å². The molecule has 1 saturated carbocycles. The van der Waals surface area contributed by atoms with Gasteiger partial charge in [-0.05, 0) is 18.8 Å². The largest absolute Gasteiger partial charge is 0.490 e. The lowest BCUT2D eigenvalue weighted by atomic mass is 9.90. The number of aliphatic carboxylic acids is 1. The van der Waals surface area contributed by atoms with Gasteiger partial charge in [-0.3, -0.25) is 14.6 Å². The molecule has 2 N–H and O–H groups in total. The van der Waals surface area contributed by atoms with E-state index in [1.165, 1.54) is 12.8 Å². The van der Waals surface area contributed by atoms with Crippen molar-refractivity contribution >= 4 is 23.2 Å². The molecule has 12 heteroatoms. The van der Waals surface area contributed by atoms with Crippen LogP contribution in [0.3, 0.4) is 0 Å². The molecule has 0 radical (unpaired) electrons. The van der Waals surface area contributed by atoms with Gasteiger partial charge in [0.2, 0.25) is 5.91 Å². The van der Waals surface area contributed by atoms with Crippen LogP contribution in [0.1, 0.15) is 17.8 Å². The number of carboxylic acids is 1. The van der Waals surface area contributed by atoms with Crippen LogP contribution in [0.25, 0.3) is 0 Å². The van der Waals surface area contributed by atoms with E-state index in [2.05, 4.69) is 20.1 Å². The van der Waals surface area contributed by atoms with Crippen LogP contribution in [0.5, 0.6) is 0 Å². The zero-order valence-corrected chi connectivity index (χ0v) is 17.3. The standard InChI is InChI=1S/C16H24N4O2S.C2HF3O2/c1-17-15(21)13-8-22-16(11-20(13)6-12-2-3-12)9-19(10-16)7-14-18-4-5-23-14;3-2(4,5)1(6)7/h4-5,12-13H,2-3,6-11H2,1H3,(H,17,21);(H,6,7). The summed E-state index contributed by atoms with van der Waals surface area (Å²) in [6.45, 7) is 5.20. The van der Waals surface area contributed by atoms with Crippen LogP contribution in [0.4, 0.5) is 13.2 Å². The van der Waals surface area contributed by atoms with Crippen molar-refractivity contribution in [3.8, 4) is 0 Å². The van der Waals surface area contributed by atoms with E-state index in [0.29, 0.717) is 6.61 Å². The molecule has 168 valence electrons. The number of halogens is 3. The lowest BCUT2D eigenvalue weighted by Gasteiger charge is -2.55. The zero-order chi connectivity index (χ0) is 21.9. The topological polar surface area (TPSA) is 95.0 Å². The van der Waals surface area contributed by atoms with Crippen LogP contribution >= 0.6 is 11.3 Å². The number of likely N-dealkylation sites (N-methyl/N-ethyl adjacent to an activating group) is 1. The van der Waals surface area contributed by atoms with Gasteiger partial charge < -0.3 is 15.2 Å². The van der Waals surface area contributed by atoms with E-state index in [9.17, 15) is 18.0 Å². The van der Waals surface area contributed by atoms with E-state index in [1.54, 1.807) is 18.4 Å². The normalized spacial score (nSPS) is 23.9. The summed E-state index contributed by atoms with van der Waals surface area (Å²) in [6, 6.07) is -0.126. The summed E-state index contributed by atoms with van der Waals surface area (Å²) < 4.78 is 37.9. The van der Waals surface area contributed by atoms with Gasteiger partial charge in [0.25, 0.3) is 0 Å². The highest BCUT2D eigenvalue weighted by Crippen LogP contribution is 2.36. The van der Waals surface area contributed by atoms with Crippen molar-refractivity contribution in [2.75, 3.05) is 39.8 Å². The Balaban J connectivity index is 0.000000318. The minimum atomic E-state index is -5.08. The van der Waals surface area contributed by atoms with Crippen molar-refractivity contribution in [1.29, 1.82) is 0 Å². The number of carbonyl (C=O) groups is 2. The Morgan fingerprint density at radius 2 is 2.03 bits per heavy atom. The summed E-state index contributed by atoms with van der Waals surface area (Å²) in [5.74, 6) is -1.89. The molecule has 1 aromatic heterocycles. The number of rotatable bonds is 5. The number of ether oxygens (including phenoxy) is 1. The van der Waals surface area contributed by atoms with Gasteiger partial charge in [0.05, 0.1) is 13.2 Å². The second kappa shape index (κ2) is 9.16. The number of morpholine rings is 1. The number of likely N-dealkylation sites (tertiary alicyclic amines) is 1. The smallest absolute Gasteiger partial charge is 0.475 e. The minimum Gasteiger partial charge on any atom is -0.475 e. The second-order valence-electron chi connectivity index (χ2n) is 7.87. The lowest BCUT2D eigenvalue weighted by Crippen LogP contribution is -2.72. The summed E-state index contributed by atoms with van der Waals surface area (Å²) in [4.78, 5) is 30.1. The molecule has 0 aromatic carbocycles. The van der Waals surface area contributed by atoms with Crippen LogP contribution in [-0.4, -0.2) is 89.4 Å². The molecule has 2 aliphatic heterocycles. The van der Waals surface area contributed by atoms with Gasteiger partial charge in [-0.2, -0.15) is 13.2 Å². The molecule has 1 unspecified atom stereocenters. The van der Waals surface area contributed by atoms with Gasteiger partial charge in [-0.25, -0.2) is 9.78 Å². The molecule has 3 fully saturated rings. The number of nitrogens with zero attached hydrogens (tertiary/aromatic N) is 3. The number of nitrogens with one attached hydrogen (secondary N) is 1. The van der Waals surface area contributed by atoms with Gasteiger partial charge in [0.15, 0.2) is 0 Å². The molecule has 2 saturated heterocycles. The van der Waals surface area contributed by atoms with Crippen molar-refractivity contribution < 1.29 is 32.6 Å². The monoisotopic (exact) mass is 450 g/mol. The maximum atomic E-state index is 12.1. The van der Waals surface area contributed by atoms with E-state index >= 15 is 0 Å². The first-order valence-corrected chi connectivity index (χ1v) is 10.5. The van der Waals surface area contributed by atoms with Gasteiger partial charge >= 0.3 is 12.1 Å². The number of thiazole rings is 1. The Labute approximate surface area is 176 Å². The number of carbonyl (C=O) groups excluding carboxylic acids is 1. The van der Waals surface area contributed by atoms with Crippen LogP contribution in [0.15, 0.2) is 11.6 Å². The predicted molar refractivity (Wildman–Crippen MR) is 102 cm³/mol. The van der Waals surface area contributed by atoms with Crippen molar-refractivity contribution in [3.05, 3.63) is 16.6 Å². The van der Waals surface area contributed by atoms with E-state index < -0.39 is 12.1 Å². The first-order chi connectivity index (χ1) is 14.1. The van der Waals surface area contributed by atoms with Gasteiger partial charge in [0.1, 0.15) is 16.7 Å². The SMILES string of the molecule is CNC(=O)C1COC2(CN(Cc3nccs3)C2)CN1CC1CC1.O=C(O)C(F)(F)F. The highest BCUT2D eigenvalue weighted by Gasteiger charge is 2.51. The molecule has 1 atom stereocenters. The Morgan fingerprint density at radius 3 is 2.53 bits per heavy atom. The first-order valence-electron chi connectivity index (χ1n) is 9.62. The maximum absolute atomic E-state index is 12.1. The van der Waals surface area contributed by atoms with E-state index in [-0.39, 0.29) is 17.6 Å². The van der Waals surface area contributed by atoms with E-state index in [1.807, 2.05) is 11.6 Å². The Hall–Kier alpha value is -1.76. The molecular weight excluding hydrogens is 425 g/mol. The number of hydrogen-bond acceptors (Lipinski definition) is 7. The van der Waals surface area contributed by atoms with E-state index in [4.69, 9.17) is 14.6 Å². The van der Waals surface area contributed by atoms with Crippen LogP contribution in [0.2, 0.25) is 0 Å². The summed E-state index contributed by atoms with van der Waals surface area (Å²) in [5.41, 5.74) is -0.0866. The summed E-state index contributed by atoms with van der Waals surface area (Å²) in [7, 11) is 1.71. The lowest BCUT2D eigenvalue weighted by molar-refractivity contribution is -0.203. The third kappa shape index (κ3) is 5.90. The number of alkyl halides is 3. The number of hydrogen-bond donors (Lipinski definition) is 2. The predicted octanol–water partition coefficient (Wildman–Crippen LogP) is 1.19. The molecule has 1 spiro atoms.